The number of fused-ring (bicyclic) bond motifs is 1. The van der Waals surface area contributed by atoms with Crippen molar-refractivity contribution in [1.82, 2.24) is 4.98 Å². The first-order chi connectivity index (χ1) is 9.86. The van der Waals surface area contributed by atoms with Gasteiger partial charge in [0.05, 0.1) is 11.1 Å². The summed E-state index contributed by atoms with van der Waals surface area (Å²) >= 11 is 3.35. The molecular formula is C15H11BrF3NO. The van der Waals surface area contributed by atoms with Gasteiger partial charge in [0.1, 0.15) is 5.52 Å². The second-order valence-corrected chi connectivity index (χ2v) is 5.01. The minimum atomic E-state index is -4.41. The largest absolute Gasteiger partial charge is 0.436 e. The van der Waals surface area contributed by atoms with Crippen LogP contribution < -0.4 is 0 Å². The Bertz CT molecular complexity index is 741. The molecular weight excluding hydrogens is 347 g/mol. The summed E-state index contributed by atoms with van der Waals surface area (Å²) in [5, 5.41) is 0. The Labute approximate surface area is 127 Å². The van der Waals surface area contributed by atoms with E-state index in [4.69, 9.17) is 4.42 Å². The fourth-order valence-corrected chi connectivity index (χ4v) is 2.05. The number of oxazole rings is 1. The quantitative estimate of drug-likeness (QED) is 0.657. The molecule has 2 rings (SSSR count). The van der Waals surface area contributed by atoms with Gasteiger partial charge in [-0.2, -0.15) is 13.2 Å². The summed E-state index contributed by atoms with van der Waals surface area (Å²) in [6.07, 6.45) is 0.595. The van der Waals surface area contributed by atoms with Gasteiger partial charge >= 0.3 is 6.18 Å². The maximum atomic E-state index is 12.7. The van der Waals surface area contributed by atoms with Gasteiger partial charge in [0, 0.05) is 4.48 Å². The van der Waals surface area contributed by atoms with Crippen LogP contribution in [-0.4, -0.2) is 4.98 Å². The van der Waals surface area contributed by atoms with Gasteiger partial charge in [-0.05, 0) is 31.2 Å². The van der Waals surface area contributed by atoms with Crippen LogP contribution in [0, 0.1) is 0 Å². The monoisotopic (exact) mass is 357 g/mol. The van der Waals surface area contributed by atoms with Gasteiger partial charge in [-0.1, -0.05) is 34.7 Å². The molecule has 110 valence electrons. The molecule has 0 amide bonds. The van der Waals surface area contributed by atoms with Gasteiger partial charge in [0.25, 0.3) is 0 Å². The van der Waals surface area contributed by atoms with Crippen molar-refractivity contribution in [2.75, 3.05) is 0 Å². The second kappa shape index (κ2) is 5.89. The second-order valence-electron chi connectivity index (χ2n) is 4.15. The molecule has 1 aromatic carbocycles. The van der Waals surface area contributed by atoms with Crippen molar-refractivity contribution in [3.63, 3.8) is 0 Å². The van der Waals surface area contributed by atoms with Crippen molar-refractivity contribution in [2.45, 2.75) is 13.1 Å². The van der Waals surface area contributed by atoms with Crippen LogP contribution in [0.5, 0.6) is 0 Å². The van der Waals surface area contributed by atoms with Gasteiger partial charge in [-0.25, -0.2) is 4.98 Å². The van der Waals surface area contributed by atoms with Crippen LogP contribution in [0.3, 0.4) is 0 Å². The van der Waals surface area contributed by atoms with Crippen molar-refractivity contribution < 1.29 is 17.6 Å². The highest BCUT2D eigenvalue weighted by Crippen LogP contribution is 2.34. The van der Waals surface area contributed by atoms with Crippen LogP contribution in [0.15, 0.2) is 51.9 Å². The Kier molecular flexibility index (Phi) is 4.37. The molecule has 0 saturated heterocycles. The average molecular weight is 358 g/mol. The van der Waals surface area contributed by atoms with Crippen LogP contribution in [0.4, 0.5) is 13.2 Å². The first-order valence-corrected chi connectivity index (χ1v) is 6.79. The lowest BCUT2D eigenvalue weighted by molar-refractivity contribution is -0.137. The number of hydrogen-bond acceptors (Lipinski definition) is 2. The third-order valence-corrected chi connectivity index (χ3v) is 3.63. The lowest BCUT2D eigenvalue weighted by Crippen LogP contribution is -2.03. The normalized spacial score (nSPS) is 13.8. The molecule has 0 atom stereocenters. The van der Waals surface area contributed by atoms with E-state index in [0.29, 0.717) is 15.6 Å². The zero-order chi connectivity index (χ0) is 15.6. The molecule has 0 bridgehead atoms. The highest BCUT2D eigenvalue weighted by atomic mass is 79.9. The van der Waals surface area contributed by atoms with E-state index in [0.717, 1.165) is 12.1 Å². The first-order valence-electron chi connectivity index (χ1n) is 6.00. The number of rotatable bonds is 3. The molecule has 0 aliphatic rings. The van der Waals surface area contributed by atoms with Crippen molar-refractivity contribution in [1.29, 1.82) is 0 Å². The Balaban J connectivity index is 2.57. The maximum absolute atomic E-state index is 12.7. The molecule has 0 radical (unpaired) electrons. The zero-order valence-electron chi connectivity index (χ0n) is 11.0. The van der Waals surface area contributed by atoms with E-state index in [1.165, 1.54) is 6.07 Å². The van der Waals surface area contributed by atoms with E-state index in [2.05, 4.69) is 27.5 Å². The summed E-state index contributed by atoms with van der Waals surface area (Å²) in [6.45, 7) is 5.41. The van der Waals surface area contributed by atoms with Gasteiger partial charge in [0.15, 0.2) is 5.58 Å². The minimum absolute atomic E-state index is 0.159. The SMILES string of the molecule is C=C/C=C(\C(Br)=C/C)c1nc2cc(C(F)(F)F)ccc2o1. The first kappa shape index (κ1) is 15.6. The standard InChI is InChI=1S/C15H11BrF3NO/c1-3-5-10(11(16)4-2)14-20-12-8-9(15(17,18)19)6-7-13(12)21-14/h3-8H,1H2,2H3/b10-5+,11-4+. The van der Waals surface area contributed by atoms with Crippen LogP contribution in [0.2, 0.25) is 0 Å². The molecule has 0 aliphatic heterocycles. The van der Waals surface area contributed by atoms with Crippen LogP contribution in [-0.2, 0) is 6.18 Å². The highest BCUT2D eigenvalue weighted by Gasteiger charge is 2.31. The summed E-state index contributed by atoms with van der Waals surface area (Å²) in [5.41, 5.74) is 0.307. The summed E-state index contributed by atoms with van der Waals surface area (Å²) in [4.78, 5) is 4.12. The summed E-state index contributed by atoms with van der Waals surface area (Å²) in [6, 6.07) is 3.21. The van der Waals surface area contributed by atoms with Crippen LogP contribution in [0.1, 0.15) is 18.4 Å². The smallest absolute Gasteiger partial charge is 0.416 e. The molecule has 0 saturated carbocycles. The van der Waals surface area contributed by atoms with Gasteiger partial charge in [-0.15, -0.1) is 0 Å². The van der Waals surface area contributed by atoms with Gasteiger partial charge in [-0.3, -0.25) is 0 Å². The molecule has 1 aromatic heterocycles. The fourth-order valence-electron chi connectivity index (χ4n) is 1.75. The fraction of sp³-hybridized carbons (Fsp3) is 0.133. The van der Waals surface area contributed by atoms with E-state index in [1.54, 1.807) is 18.2 Å². The van der Waals surface area contributed by atoms with E-state index >= 15 is 0 Å². The van der Waals surface area contributed by atoms with Crippen molar-refractivity contribution in [2.24, 2.45) is 0 Å². The lowest BCUT2D eigenvalue weighted by Gasteiger charge is -2.04. The molecule has 1 heterocycles. The van der Waals surface area contributed by atoms with Crippen molar-refractivity contribution in [3.05, 3.63) is 58.9 Å². The summed E-state index contributed by atoms with van der Waals surface area (Å²) in [5.74, 6) is 0.231. The van der Waals surface area contributed by atoms with E-state index < -0.39 is 11.7 Å². The number of hydrogen-bond donors (Lipinski definition) is 0. The van der Waals surface area contributed by atoms with E-state index in [-0.39, 0.29) is 11.4 Å². The van der Waals surface area contributed by atoms with Crippen molar-refractivity contribution >= 4 is 32.6 Å². The Morgan fingerprint density at radius 3 is 2.67 bits per heavy atom. The minimum Gasteiger partial charge on any atom is -0.436 e. The number of benzene rings is 1. The number of halogens is 4. The maximum Gasteiger partial charge on any atom is 0.416 e. The molecule has 0 aliphatic carbocycles. The Hall–Kier alpha value is -1.82. The van der Waals surface area contributed by atoms with Crippen molar-refractivity contribution in [3.8, 4) is 0 Å². The summed E-state index contributed by atoms with van der Waals surface area (Å²) in [7, 11) is 0. The number of allylic oxidation sites excluding steroid dienone is 5. The highest BCUT2D eigenvalue weighted by molar-refractivity contribution is 9.12. The Morgan fingerprint density at radius 1 is 1.38 bits per heavy atom. The number of nitrogens with zero attached hydrogens (tertiary/aromatic N) is 1. The van der Waals surface area contributed by atoms with Crippen LogP contribution >= 0.6 is 15.9 Å². The zero-order valence-corrected chi connectivity index (χ0v) is 12.6. The Morgan fingerprint density at radius 2 is 2.10 bits per heavy atom. The average Bonchev–Trinajstić information content (AvgIpc) is 2.85. The van der Waals surface area contributed by atoms with Gasteiger partial charge < -0.3 is 4.42 Å². The molecule has 0 spiro atoms. The summed E-state index contributed by atoms with van der Waals surface area (Å²) < 4.78 is 44.3. The molecule has 0 unspecified atom stereocenters. The molecule has 0 fully saturated rings. The lowest BCUT2D eigenvalue weighted by atomic mass is 10.2. The topological polar surface area (TPSA) is 26.0 Å². The van der Waals surface area contributed by atoms with Crippen LogP contribution in [0.25, 0.3) is 16.7 Å². The van der Waals surface area contributed by atoms with E-state index in [9.17, 15) is 13.2 Å². The number of aromatic nitrogens is 1. The molecule has 2 aromatic rings. The van der Waals surface area contributed by atoms with E-state index in [1.807, 2.05) is 6.92 Å². The molecule has 6 heteroatoms. The molecule has 21 heavy (non-hydrogen) atoms. The molecule has 0 N–H and O–H groups in total. The third kappa shape index (κ3) is 3.26. The third-order valence-electron chi connectivity index (χ3n) is 2.74. The van der Waals surface area contributed by atoms with Gasteiger partial charge in [0.2, 0.25) is 5.89 Å². The number of alkyl halides is 3. The predicted octanol–water partition coefficient (Wildman–Crippen LogP) is 5.71. The molecule has 2 nitrogen and oxygen atoms in total. The predicted molar refractivity (Wildman–Crippen MR) is 79.9 cm³/mol.